The molecule has 2 aromatic heterocycles. The fourth-order valence-electron chi connectivity index (χ4n) is 8.68. The minimum Gasteiger partial charge on any atom is -0.309 e. The molecule has 0 atom stereocenters. The van der Waals surface area contributed by atoms with Crippen molar-refractivity contribution in [1.82, 2.24) is 4.57 Å². The maximum absolute atomic E-state index is 2.53. The second-order valence-corrected chi connectivity index (χ2v) is 15.5. The van der Waals surface area contributed by atoms with Crippen molar-refractivity contribution in [3.05, 3.63) is 218 Å². The Bertz CT molecular complexity index is 3220. The van der Waals surface area contributed by atoms with Crippen LogP contribution in [-0.2, 0) is 0 Å². The van der Waals surface area contributed by atoms with E-state index in [2.05, 4.69) is 228 Å². The number of nitrogens with zero attached hydrogens (tertiary/aromatic N) is 2. The van der Waals surface area contributed by atoms with Crippen molar-refractivity contribution in [2.45, 2.75) is 0 Å². The first-order valence-electron chi connectivity index (χ1n) is 19.4. The Morgan fingerprint density at radius 1 is 0.368 bits per heavy atom. The van der Waals surface area contributed by atoms with Gasteiger partial charge in [-0.05, 0) is 65.2 Å². The monoisotopic (exact) mass is 744 g/mol. The molecule has 0 aliphatic rings. The van der Waals surface area contributed by atoms with E-state index in [1.54, 1.807) is 0 Å². The molecule has 3 heteroatoms. The Labute approximate surface area is 335 Å². The molecule has 0 radical (unpaired) electrons. The van der Waals surface area contributed by atoms with Crippen LogP contribution < -0.4 is 4.90 Å². The Kier molecular flexibility index (Phi) is 8.04. The van der Waals surface area contributed by atoms with Crippen LogP contribution in [0.1, 0.15) is 0 Å². The maximum Gasteiger partial charge on any atom is 0.0619 e. The zero-order chi connectivity index (χ0) is 37.7. The molecule has 0 N–H and O–H groups in total. The van der Waals surface area contributed by atoms with Gasteiger partial charge in [0.25, 0.3) is 0 Å². The van der Waals surface area contributed by atoms with Gasteiger partial charge < -0.3 is 9.47 Å². The topological polar surface area (TPSA) is 8.17 Å². The minimum atomic E-state index is 1.09. The highest BCUT2D eigenvalue weighted by atomic mass is 32.1. The molecule has 0 saturated carbocycles. The van der Waals surface area contributed by atoms with E-state index in [9.17, 15) is 0 Å². The van der Waals surface area contributed by atoms with Crippen molar-refractivity contribution in [3.63, 3.8) is 0 Å². The third kappa shape index (κ3) is 5.55. The van der Waals surface area contributed by atoms with E-state index in [1.807, 2.05) is 11.3 Å². The van der Waals surface area contributed by atoms with E-state index in [-0.39, 0.29) is 0 Å². The minimum absolute atomic E-state index is 1.09. The summed E-state index contributed by atoms with van der Waals surface area (Å²) in [7, 11) is 0. The molecule has 0 unspecified atom stereocenters. The average molecular weight is 745 g/mol. The molecular formula is C54H36N2S. The molecule has 11 aromatic rings. The Morgan fingerprint density at radius 2 is 0.930 bits per heavy atom. The Morgan fingerprint density at radius 3 is 1.72 bits per heavy atom. The molecular weight excluding hydrogens is 709 g/mol. The standard InChI is InChI=1S/C54H36N2S/c1-4-17-37(18-5-1)38-33-35-41(36-34-38)56(50-31-16-30-49-52(50)47-24-10-12-29-48(47)55(49)40-21-8-3-9-22-40)53-42(39-19-6-2-7-20-39)25-14-26-44(53)46-28-15-27-45-43-23-11-13-32-51(43)57-54(45)46/h1-36H. The van der Waals surface area contributed by atoms with Crippen molar-refractivity contribution in [3.8, 4) is 39.1 Å². The second kappa shape index (κ2) is 13.8. The number of fused-ring (bicyclic) bond motifs is 6. The molecule has 0 bridgehead atoms. The highest BCUT2D eigenvalue weighted by Gasteiger charge is 2.26. The zero-order valence-electron chi connectivity index (χ0n) is 31.1. The van der Waals surface area contributed by atoms with E-state index < -0.39 is 0 Å². The summed E-state index contributed by atoms with van der Waals surface area (Å²) in [5.74, 6) is 0. The molecule has 2 nitrogen and oxygen atoms in total. The number of hydrogen-bond acceptors (Lipinski definition) is 2. The van der Waals surface area contributed by atoms with Crippen molar-refractivity contribution in [2.75, 3.05) is 4.90 Å². The van der Waals surface area contributed by atoms with Crippen molar-refractivity contribution in [2.24, 2.45) is 0 Å². The number of benzene rings is 9. The first kappa shape index (κ1) is 33.2. The normalized spacial score (nSPS) is 11.5. The number of thiophene rings is 1. The number of rotatable bonds is 7. The van der Waals surface area contributed by atoms with Gasteiger partial charge in [0.1, 0.15) is 0 Å². The predicted octanol–water partition coefficient (Wildman–Crippen LogP) is 15.6. The molecule has 0 aliphatic carbocycles. The van der Waals surface area contributed by atoms with Crippen LogP contribution in [0, 0.1) is 0 Å². The highest BCUT2D eigenvalue weighted by molar-refractivity contribution is 7.26. The van der Waals surface area contributed by atoms with Gasteiger partial charge in [0.2, 0.25) is 0 Å². The molecule has 268 valence electrons. The van der Waals surface area contributed by atoms with Crippen LogP contribution >= 0.6 is 11.3 Å². The summed E-state index contributed by atoms with van der Waals surface area (Å²) in [5, 5.41) is 5.00. The lowest BCUT2D eigenvalue weighted by Crippen LogP contribution is -2.13. The number of anilines is 3. The molecule has 0 aliphatic heterocycles. The molecule has 0 spiro atoms. The SMILES string of the molecule is c1ccc(-c2ccc(N(c3c(-c4ccccc4)cccc3-c3cccc4c3sc3ccccc34)c3cccc4c3c3ccccc3n4-c3ccccc3)cc2)cc1. The summed E-state index contributed by atoms with van der Waals surface area (Å²) in [6.45, 7) is 0. The largest absolute Gasteiger partial charge is 0.309 e. The average Bonchev–Trinajstić information content (AvgIpc) is 3.84. The molecule has 0 amide bonds. The van der Waals surface area contributed by atoms with Crippen LogP contribution in [0.2, 0.25) is 0 Å². The van der Waals surface area contributed by atoms with Gasteiger partial charge >= 0.3 is 0 Å². The number of aromatic nitrogens is 1. The quantitative estimate of drug-likeness (QED) is 0.158. The lowest BCUT2D eigenvalue weighted by Gasteiger charge is -2.31. The van der Waals surface area contributed by atoms with Gasteiger partial charge in [-0.2, -0.15) is 0 Å². The van der Waals surface area contributed by atoms with Gasteiger partial charge in [-0.15, -0.1) is 11.3 Å². The van der Waals surface area contributed by atoms with Gasteiger partial charge in [0, 0.05) is 59.0 Å². The van der Waals surface area contributed by atoms with E-state index in [0.29, 0.717) is 0 Å². The summed E-state index contributed by atoms with van der Waals surface area (Å²) in [5.41, 5.74) is 14.0. The third-order valence-electron chi connectivity index (χ3n) is 11.2. The molecule has 9 aromatic carbocycles. The van der Waals surface area contributed by atoms with Crippen LogP contribution in [0.25, 0.3) is 81.0 Å². The van der Waals surface area contributed by atoms with E-state index in [1.165, 1.54) is 69.8 Å². The van der Waals surface area contributed by atoms with Gasteiger partial charge in [-0.3, -0.25) is 0 Å². The van der Waals surface area contributed by atoms with Crippen molar-refractivity contribution >= 4 is 70.4 Å². The van der Waals surface area contributed by atoms with Gasteiger partial charge in [0.15, 0.2) is 0 Å². The van der Waals surface area contributed by atoms with Crippen LogP contribution in [0.4, 0.5) is 17.1 Å². The highest BCUT2D eigenvalue weighted by Crippen LogP contribution is 2.52. The van der Waals surface area contributed by atoms with Crippen LogP contribution in [0.5, 0.6) is 0 Å². The number of hydrogen-bond donors (Lipinski definition) is 0. The number of para-hydroxylation sites is 3. The molecule has 57 heavy (non-hydrogen) atoms. The summed E-state index contributed by atoms with van der Waals surface area (Å²) in [6.07, 6.45) is 0. The zero-order valence-corrected chi connectivity index (χ0v) is 31.9. The predicted molar refractivity (Wildman–Crippen MR) is 245 cm³/mol. The van der Waals surface area contributed by atoms with E-state index >= 15 is 0 Å². The van der Waals surface area contributed by atoms with Crippen molar-refractivity contribution in [1.29, 1.82) is 0 Å². The summed E-state index contributed by atoms with van der Waals surface area (Å²) in [4.78, 5) is 2.53. The van der Waals surface area contributed by atoms with Gasteiger partial charge in [-0.25, -0.2) is 0 Å². The smallest absolute Gasteiger partial charge is 0.0619 e. The van der Waals surface area contributed by atoms with Crippen LogP contribution in [0.3, 0.4) is 0 Å². The fourth-order valence-corrected chi connectivity index (χ4v) is 9.91. The lowest BCUT2D eigenvalue weighted by atomic mass is 9.93. The molecule has 2 heterocycles. The Balaban J connectivity index is 1.26. The van der Waals surface area contributed by atoms with Gasteiger partial charge in [-0.1, -0.05) is 170 Å². The van der Waals surface area contributed by atoms with E-state index in [0.717, 1.165) is 28.3 Å². The Hall–Kier alpha value is -7.20. The summed E-state index contributed by atoms with van der Waals surface area (Å²) in [6, 6.07) is 79.4. The molecule has 0 fully saturated rings. The molecule has 11 rings (SSSR count). The maximum atomic E-state index is 2.53. The fraction of sp³-hybridized carbons (Fsp3) is 0. The van der Waals surface area contributed by atoms with Crippen LogP contribution in [0.15, 0.2) is 218 Å². The molecule has 0 saturated heterocycles. The van der Waals surface area contributed by atoms with Crippen molar-refractivity contribution < 1.29 is 0 Å². The van der Waals surface area contributed by atoms with E-state index in [4.69, 9.17) is 0 Å². The first-order valence-corrected chi connectivity index (χ1v) is 20.3. The summed E-state index contributed by atoms with van der Waals surface area (Å²) >= 11 is 1.88. The van der Waals surface area contributed by atoms with Gasteiger partial charge in [0.05, 0.1) is 22.4 Å². The second-order valence-electron chi connectivity index (χ2n) is 14.5. The summed E-state index contributed by atoms with van der Waals surface area (Å²) < 4.78 is 5.00. The lowest BCUT2D eigenvalue weighted by molar-refractivity contribution is 1.18. The van der Waals surface area contributed by atoms with Crippen LogP contribution in [-0.4, -0.2) is 4.57 Å². The third-order valence-corrected chi connectivity index (χ3v) is 12.4. The first-order chi connectivity index (χ1) is 28.3.